The van der Waals surface area contributed by atoms with E-state index in [2.05, 4.69) is 59.3 Å². The van der Waals surface area contributed by atoms with Crippen molar-refractivity contribution >= 4 is 16.9 Å². The Morgan fingerprint density at radius 3 is 2.68 bits per heavy atom. The third-order valence-electron chi connectivity index (χ3n) is 4.47. The van der Waals surface area contributed by atoms with Crippen molar-refractivity contribution in [3.63, 3.8) is 0 Å². The van der Waals surface area contributed by atoms with Crippen molar-refractivity contribution in [2.24, 2.45) is 4.99 Å². The zero-order valence-electron chi connectivity index (χ0n) is 12.6. The number of hydrogen-bond acceptors (Lipinski definition) is 4. The van der Waals surface area contributed by atoms with E-state index >= 15 is 0 Å². The summed E-state index contributed by atoms with van der Waals surface area (Å²) >= 11 is 1.89. The molecule has 0 aliphatic carbocycles. The number of rotatable bonds is 3. The molecule has 2 aliphatic rings. The topological polar surface area (TPSA) is 28.5 Å². The van der Waals surface area contributed by atoms with Crippen LogP contribution in [0.3, 0.4) is 0 Å². The van der Waals surface area contributed by atoms with Gasteiger partial charge in [-0.15, -0.1) is 0 Å². The van der Waals surface area contributed by atoms with Crippen LogP contribution in [-0.2, 0) is 0 Å². The number of hydrogen-bond donors (Lipinski definition) is 0. The molecule has 0 spiro atoms. The van der Waals surface area contributed by atoms with Crippen LogP contribution in [0.25, 0.3) is 0 Å². The Morgan fingerprint density at radius 1 is 1.14 bits per heavy atom. The summed E-state index contributed by atoms with van der Waals surface area (Å²) in [5, 5.41) is 1.19. The fourth-order valence-electron chi connectivity index (χ4n) is 3.36. The quantitative estimate of drug-likeness (QED) is 0.856. The first-order chi connectivity index (χ1) is 10.9. The molecular weight excluding hydrogens is 290 g/mol. The lowest BCUT2D eigenvalue weighted by atomic mass is 9.95. The van der Waals surface area contributed by atoms with Gasteiger partial charge in [0, 0.05) is 18.0 Å². The molecule has 0 saturated carbocycles. The van der Waals surface area contributed by atoms with Crippen LogP contribution in [0.5, 0.6) is 0 Å². The minimum absolute atomic E-state index is 0.0976. The fourth-order valence-corrected chi connectivity index (χ4v) is 4.70. The van der Waals surface area contributed by atoms with Gasteiger partial charge < -0.3 is 4.90 Å². The lowest BCUT2D eigenvalue weighted by Crippen LogP contribution is -2.35. The number of pyridine rings is 1. The fraction of sp³-hybridized carbons (Fsp3) is 0.333. The maximum absolute atomic E-state index is 5.02. The number of benzene rings is 1. The highest BCUT2D eigenvalue weighted by Crippen LogP contribution is 2.48. The van der Waals surface area contributed by atoms with Gasteiger partial charge in [-0.25, -0.2) is 0 Å². The van der Waals surface area contributed by atoms with Crippen LogP contribution in [0.15, 0.2) is 59.7 Å². The van der Waals surface area contributed by atoms with Gasteiger partial charge in [-0.05, 0) is 24.1 Å². The molecule has 0 amide bonds. The average Bonchev–Trinajstić information content (AvgIpc) is 3.15. The molecule has 0 radical (unpaired) electrons. The van der Waals surface area contributed by atoms with Crippen molar-refractivity contribution in [1.82, 2.24) is 9.88 Å². The second kappa shape index (κ2) is 5.76. The minimum atomic E-state index is 0.0976. The summed E-state index contributed by atoms with van der Waals surface area (Å²) in [5.41, 5.74) is 2.39. The molecule has 112 valence electrons. The molecule has 1 aromatic carbocycles. The maximum atomic E-state index is 5.02. The predicted molar refractivity (Wildman–Crippen MR) is 92.0 cm³/mol. The smallest absolute Gasteiger partial charge is 0.160 e. The molecule has 2 aromatic rings. The summed E-state index contributed by atoms with van der Waals surface area (Å²) in [4.78, 5) is 12.1. The number of fused-ring (bicyclic) bond motifs is 1. The molecule has 0 N–H and O–H groups in total. The largest absolute Gasteiger partial charge is 0.338 e. The van der Waals surface area contributed by atoms with Crippen molar-refractivity contribution in [3.8, 4) is 0 Å². The SMILES string of the molecule is CCC1CSC2=NC(c3ccccn3)C(c3ccccc3)N21. The lowest BCUT2D eigenvalue weighted by Gasteiger charge is -2.31. The Bertz CT molecular complexity index is 671. The zero-order valence-corrected chi connectivity index (χ0v) is 13.4. The highest BCUT2D eigenvalue weighted by molar-refractivity contribution is 8.14. The second-order valence-electron chi connectivity index (χ2n) is 5.75. The molecule has 3 unspecified atom stereocenters. The lowest BCUT2D eigenvalue weighted by molar-refractivity contribution is 0.255. The molecule has 1 fully saturated rings. The standard InChI is InChI=1S/C18H19N3S/c1-2-14-12-22-18-20-16(15-10-6-7-11-19-15)17(21(14)18)13-8-4-3-5-9-13/h3-11,14,16-17H,2,12H2,1H3. The molecule has 4 heteroatoms. The van der Waals surface area contributed by atoms with Crippen LogP contribution in [0.1, 0.15) is 36.7 Å². The van der Waals surface area contributed by atoms with E-state index < -0.39 is 0 Å². The van der Waals surface area contributed by atoms with Crippen LogP contribution in [0.4, 0.5) is 0 Å². The Labute approximate surface area is 135 Å². The van der Waals surface area contributed by atoms with Gasteiger partial charge in [0.2, 0.25) is 0 Å². The Hall–Kier alpha value is -1.81. The van der Waals surface area contributed by atoms with E-state index in [0.717, 1.165) is 17.9 Å². The number of aromatic nitrogens is 1. The molecular formula is C18H19N3S. The van der Waals surface area contributed by atoms with Crippen LogP contribution in [0.2, 0.25) is 0 Å². The van der Waals surface area contributed by atoms with E-state index in [-0.39, 0.29) is 12.1 Å². The number of nitrogens with zero attached hydrogens (tertiary/aromatic N) is 3. The monoisotopic (exact) mass is 309 g/mol. The molecule has 3 nitrogen and oxygen atoms in total. The Morgan fingerprint density at radius 2 is 1.95 bits per heavy atom. The molecule has 0 bridgehead atoms. The number of amidine groups is 1. The third-order valence-corrected chi connectivity index (χ3v) is 5.60. The van der Waals surface area contributed by atoms with E-state index in [0.29, 0.717) is 6.04 Å². The summed E-state index contributed by atoms with van der Waals surface area (Å²) < 4.78 is 0. The third kappa shape index (κ3) is 2.22. The highest BCUT2D eigenvalue weighted by atomic mass is 32.2. The summed E-state index contributed by atoms with van der Waals surface area (Å²) in [7, 11) is 0. The summed E-state index contributed by atoms with van der Waals surface area (Å²) in [6.07, 6.45) is 3.02. The Balaban J connectivity index is 1.79. The molecule has 4 rings (SSSR count). The number of aliphatic imine (C=N–C) groups is 1. The first-order valence-electron chi connectivity index (χ1n) is 7.83. The van der Waals surface area contributed by atoms with Gasteiger partial charge in [0.25, 0.3) is 0 Å². The van der Waals surface area contributed by atoms with Crippen LogP contribution in [-0.4, -0.2) is 26.8 Å². The predicted octanol–water partition coefficient (Wildman–Crippen LogP) is 4.06. The van der Waals surface area contributed by atoms with Gasteiger partial charge in [0.15, 0.2) is 5.17 Å². The average molecular weight is 309 g/mol. The summed E-state index contributed by atoms with van der Waals surface area (Å²) in [6.45, 7) is 2.27. The van der Waals surface area contributed by atoms with Crippen LogP contribution >= 0.6 is 11.8 Å². The van der Waals surface area contributed by atoms with Crippen LogP contribution in [0, 0.1) is 0 Å². The van der Waals surface area contributed by atoms with Gasteiger partial charge in [-0.2, -0.15) is 0 Å². The molecule has 3 atom stereocenters. The first-order valence-corrected chi connectivity index (χ1v) is 8.82. The Kier molecular flexibility index (Phi) is 3.62. The van der Waals surface area contributed by atoms with E-state index in [1.807, 2.05) is 24.0 Å². The molecule has 1 aromatic heterocycles. The highest BCUT2D eigenvalue weighted by Gasteiger charge is 2.45. The van der Waals surface area contributed by atoms with Gasteiger partial charge in [-0.3, -0.25) is 9.98 Å². The van der Waals surface area contributed by atoms with Crippen molar-refractivity contribution < 1.29 is 0 Å². The van der Waals surface area contributed by atoms with E-state index in [4.69, 9.17) is 4.99 Å². The van der Waals surface area contributed by atoms with Crippen molar-refractivity contribution in [2.45, 2.75) is 31.5 Å². The van der Waals surface area contributed by atoms with E-state index in [1.54, 1.807) is 0 Å². The molecule has 3 heterocycles. The van der Waals surface area contributed by atoms with Gasteiger partial charge in [0.05, 0.1) is 11.7 Å². The maximum Gasteiger partial charge on any atom is 0.160 e. The van der Waals surface area contributed by atoms with Crippen LogP contribution < -0.4 is 0 Å². The number of thioether (sulfide) groups is 1. The van der Waals surface area contributed by atoms with Gasteiger partial charge in [0.1, 0.15) is 6.04 Å². The van der Waals surface area contributed by atoms with Gasteiger partial charge in [-0.1, -0.05) is 55.1 Å². The zero-order chi connectivity index (χ0) is 14.9. The van der Waals surface area contributed by atoms with Crippen molar-refractivity contribution in [1.29, 1.82) is 0 Å². The summed E-state index contributed by atoms with van der Waals surface area (Å²) in [6, 6.07) is 17.8. The molecule has 2 aliphatic heterocycles. The minimum Gasteiger partial charge on any atom is -0.338 e. The molecule has 22 heavy (non-hydrogen) atoms. The first kappa shape index (κ1) is 13.8. The van der Waals surface area contributed by atoms with Gasteiger partial charge >= 0.3 is 0 Å². The second-order valence-corrected chi connectivity index (χ2v) is 6.73. The molecule has 1 saturated heterocycles. The summed E-state index contributed by atoms with van der Waals surface area (Å²) in [5.74, 6) is 1.15. The normalized spacial score (nSPS) is 26.9. The van der Waals surface area contributed by atoms with Crippen molar-refractivity contribution in [3.05, 3.63) is 66.0 Å². The van der Waals surface area contributed by atoms with E-state index in [1.165, 1.54) is 10.7 Å². The van der Waals surface area contributed by atoms with E-state index in [9.17, 15) is 0 Å². The van der Waals surface area contributed by atoms with Crippen molar-refractivity contribution in [2.75, 3.05) is 5.75 Å².